The Morgan fingerprint density at radius 1 is 1.06 bits per heavy atom. The van der Waals surface area contributed by atoms with E-state index in [0.29, 0.717) is 32.8 Å². The molecular formula is C22H26N2O6S. The Bertz CT molecular complexity index is 1030. The van der Waals surface area contributed by atoms with E-state index in [-0.39, 0.29) is 16.4 Å². The quantitative estimate of drug-likeness (QED) is 0.603. The lowest BCUT2D eigenvalue weighted by molar-refractivity contribution is -0.133. The molecule has 0 aliphatic carbocycles. The van der Waals surface area contributed by atoms with Gasteiger partial charge in [0.15, 0.2) is 6.61 Å². The van der Waals surface area contributed by atoms with Gasteiger partial charge in [-0.05, 0) is 42.3 Å². The van der Waals surface area contributed by atoms with Crippen molar-refractivity contribution in [2.45, 2.75) is 18.4 Å². The Labute approximate surface area is 182 Å². The fraction of sp³-hybridized carbons (Fsp3) is 0.364. The Balaban J connectivity index is 1.55. The van der Waals surface area contributed by atoms with Crippen molar-refractivity contribution >= 4 is 21.9 Å². The van der Waals surface area contributed by atoms with Crippen LogP contribution >= 0.6 is 0 Å². The van der Waals surface area contributed by atoms with Crippen LogP contribution in [0.25, 0.3) is 0 Å². The molecular weight excluding hydrogens is 420 g/mol. The number of likely N-dealkylation sites (N-methyl/N-ethyl adjacent to an activating group) is 1. The molecule has 1 heterocycles. The number of aryl methyl sites for hydroxylation is 1. The molecule has 31 heavy (non-hydrogen) atoms. The van der Waals surface area contributed by atoms with Crippen molar-refractivity contribution < 1.29 is 27.5 Å². The Kier molecular flexibility index (Phi) is 7.42. The van der Waals surface area contributed by atoms with E-state index in [2.05, 4.69) is 0 Å². The van der Waals surface area contributed by atoms with Crippen molar-refractivity contribution in [3.8, 4) is 0 Å². The number of carbonyl (C=O) groups excluding carboxylic acids is 2. The van der Waals surface area contributed by atoms with Crippen LogP contribution in [0.5, 0.6) is 0 Å². The van der Waals surface area contributed by atoms with Crippen molar-refractivity contribution in [2.24, 2.45) is 0 Å². The minimum Gasteiger partial charge on any atom is -0.452 e. The number of benzene rings is 2. The third kappa shape index (κ3) is 5.69. The standard InChI is InChI=1S/C22H26N2O6S/c1-17-5-3-4-6-19(17)15-23(2)21(25)16-30-22(26)18-7-9-20(10-8-18)31(27,28)24-11-13-29-14-12-24/h3-10H,11-16H2,1-2H3. The Morgan fingerprint density at radius 3 is 2.35 bits per heavy atom. The number of morpholine rings is 1. The summed E-state index contributed by atoms with van der Waals surface area (Å²) in [5.74, 6) is -1.02. The number of hydrogen-bond acceptors (Lipinski definition) is 6. The second-order valence-electron chi connectivity index (χ2n) is 7.29. The number of rotatable bonds is 7. The van der Waals surface area contributed by atoms with Gasteiger partial charge in [-0.15, -0.1) is 0 Å². The molecule has 1 aliphatic rings. The zero-order valence-electron chi connectivity index (χ0n) is 17.6. The molecule has 0 atom stereocenters. The number of hydrogen-bond donors (Lipinski definition) is 0. The van der Waals surface area contributed by atoms with Crippen LogP contribution < -0.4 is 0 Å². The summed E-state index contributed by atoms with van der Waals surface area (Å²) in [6, 6.07) is 13.3. The van der Waals surface area contributed by atoms with Gasteiger partial charge in [-0.3, -0.25) is 4.79 Å². The van der Waals surface area contributed by atoms with E-state index in [0.717, 1.165) is 11.1 Å². The van der Waals surface area contributed by atoms with E-state index < -0.39 is 22.6 Å². The maximum atomic E-state index is 12.6. The highest BCUT2D eigenvalue weighted by Crippen LogP contribution is 2.18. The summed E-state index contributed by atoms with van der Waals surface area (Å²) in [7, 11) is -1.99. The second kappa shape index (κ2) is 10.0. The molecule has 1 aliphatic heterocycles. The van der Waals surface area contributed by atoms with E-state index in [1.54, 1.807) is 7.05 Å². The van der Waals surface area contributed by atoms with Gasteiger partial charge >= 0.3 is 5.97 Å². The SMILES string of the molecule is Cc1ccccc1CN(C)C(=O)COC(=O)c1ccc(S(=O)(=O)N2CCOCC2)cc1. The highest BCUT2D eigenvalue weighted by atomic mass is 32.2. The monoisotopic (exact) mass is 446 g/mol. The maximum Gasteiger partial charge on any atom is 0.338 e. The van der Waals surface area contributed by atoms with Crippen LogP contribution in [0.1, 0.15) is 21.5 Å². The van der Waals surface area contributed by atoms with E-state index in [4.69, 9.17) is 9.47 Å². The van der Waals surface area contributed by atoms with Gasteiger partial charge in [0.2, 0.25) is 10.0 Å². The van der Waals surface area contributed by atoms with Crippen LogP contribution in [-0.4, -0.2) is 69.5 Å². The lowest BCUT2D eigenvalue weighted by Gasteiger charge is -2.26. The lowest BCUT2D eigenvalue weighted by atomic mass is 10.1. The smallest absolute Gasteiger partial charge is 0.338 e. The first kappa shape index (κ1) is 22.9. The molecule has 0 saturated carbocycles. The second-order valence-corrected chi connectivity index (χ2v) is 9.23. The van der Waals surface area contributed by atoms with E-state index >= 15 is 0 Å². The summed E-state index contributed by atoms with van der Waals surface area (Å²) in [4.78, 5) is 26.2. The molecule has 1 amide bonds. The van der Waals surface area contributed by atoms with Gasteiger partial charge in [-0.2, -0.15) is 4.31 Å². The van der Waals surface area contributed by atoms with Crippen molar-refractivity contribution in [1.82, 2.24) is 9.21 Å². The topological polar surface area (TPSA) is 93.2 Å². The van der Waals surface area contributed by atoms with Crippen molar-refractivity contribution in [2.75, 3.05) is 40.0 Å². The van der Waals surface area contributed by atoms with Crippen LogP contribution in [0.2, 0.25) is 0 Å². The molecule has 2 aromatic carbocycles. The summed E-state index contributed by atoms with van der Waals surface area (Å²) in [6.45, 7) is 3.29. The van der Waals surface area contributed by atoms with Gasteiger partial charge in [-0.1, -0.05) is 24.3 Å². The average Bonchev–Trinajstić information content (AvgIpc) is 2.79. The maximum absolute atomic E-state index is 12.6. The van der Waals surface area contributed by atoms with Gasteiger partial charge in [-0.25, -0.2) is 13.2 Å². The number of carbonyl (C=O) groups is 2. The summed E-state index contributed by atoms with van der Waals surface area (Å²) < 4.78 is 36.9. The molecule has 9 heteroatoms. The highest BCUT2D eigenvalue weighted by molar-refractivity contribution is 7.89. The van der Waals surface area contributed by atoms with Crippen LogP contribution in [0.15, 0.2) is 53.4 Å². The summed E-state index contributed by atoms with van der Waals surface area (Å²) in [5, 5.41) is 0. The Hall–Kier alpha value is -2.75. The molecule has 0 bridgehead atoms. The van der Waals surface area contributed by atoms with Gasteiger partial charge in [0.25, 0.3) is 5.91 Å². The van der Waals surface area contributed by atoms with Gasteiger partial charge in [0.05, 0.1) is 23.7 Å². The van der Waals surface area contributed by atoms with Crippen molar-refractivity contribution in [1.29, 1.82) is 0 Å². The largest absolute Gasteiger partial charge is 0.452 e. The molecule has 3 rings (SSSR count). The summed E-state index contributed by atoms with van der Waals surface area (Å²) >= 11 is 0. The molecule has 0 spiro atoms. The predicted octanol–water partition coefficient (Wildman–Crippen LogP) is 1.83. The fourth-order valence-corrected chi connectivity index (χ4v) is 4.56. The first-order valence-electron chi connectivity index (χ1n) is 9.92. The molecule has 166 valence electrons. The predicted molar refractivity (Wildman–Crippen MR) is 114 cm³/mol. The van der Waals surface area contributed by atoms with Crippen LogP contribution in [-0.2, 0) is 30.8 Å². The molecule has 1 fully saturated rings. The number of sulfonamides is 1. The molecule has 0 N–H and O–H groups in total. The number of ether oxygens (including phenoxy) is 2. The zero-order valence-corrected chi connectivity index (χ0v) is 18.4. The minimum absolute atomic E-state index is 0.0972. The molecule has 0 unspecified atom stereocenters. The zero-order chi connectivity index (χ0) is 22.4. The van der Waals surface area contributed by atoms with E-state index in [1.165, 1.54) is 33.5 Å². The van der Waals surface area contributed by atoms with Crippen LogP contribution in [0.4, 0.5) is 0 Å². The molecule has 1 saturated heterocycles. The number of esters is 1. The first-order chi connectivity index (χ1) is 14.8. The summed E-state index contributed by atoms with van der Waals surface area (Å²) in [6.07, 6.45) is 0. The molecule has 0 radical (unpaired) electrons. The van der Waals surface area contributed by atoms with Crippen molar-refractivity contribution in [3.05, 3.63) is 65.2 Å². The molecule has 0 aromatic heterocycles. The third-order valence-electron chi connectivity index (χ3n) is 5.12. The molecule has 2 aromatic rings. The highest BCUT2D eigenvalue weighted by Gasteiger charge is 2.26. The van der Waals surface area contributed by atoms with E-state index in [1.807, 2.05) is 31.2 Å². The van der Waals surface area contributed by atoms with Gasteiger partial charge in [0.1, 0.15) is 0 Å². The van der Waals surface area contributed by atoms with Crippen LogP contribution in [0.3, 0.4) is 0 Å². The Morgan fingerprint density at radius 2 is 1.71 bits per heavy atom. The fourth-order valence-electron chi connectivity index (χ4n) is 3.15. The van der Waals surface area contributed by atoms with Gasteiger partial charge in [0, 0.05) is 26.7 Å². The normalized spacial score (nSPS) is 14.8. The lowest BCUT2D eigenvalue weighted by Crippen LogP contribution is -2.40. The first-order valence-corrected chi connectivity index (χ1v) is 11.4. The molecule has 8 nitrogen and oxygen atoms in total. The number of amides is 1. The number of nitrogens with zero attached hydrogens (tertiary/aromatic N) is 2. The van der Waals surface area contributed by atoms with E-state index in [9.17, 15) is 18.0 Å². The summed E-state index contributed by atoms with van der Waals surface area (Å²) in [5.41, 5.74) is 2.27. The van der Waals surface area contributed by atoms with Crippen molar-refractivity contribution in [3.63, 3.8) is 0 Å². The average molecular weight is 447 g/mol. The van der Waals surface area contributed by atoms with Crippen LogP contribution in [0, 0.1) is 6.92 Å². The third-order valence-corrected chi connectivity index (χ3v) is 7.03. The van der Waals surface area contributed by atoms with Gasteiger partial charge < -0.3 is 14.4 Å². The minimum atomic E-state index is -3.63.